The predicted molar refractivity (Wildman–Crippen MR) is 69.4 cm³/mol. The van der Waals surface area contributed by atoms with Gasteiger partial charge in [0.05, 0.1) is 5.56 Å². The molecule has 0 spiro atoms. The zero-order chi connectivity index (χ0) is 12.1. The smallest absolute Gasteiger partial charge is 0.254 e. The van der Waals surface area contributed by atoms with Crippen molar-refractivity contribution in [1.82, 2.24) is 15.3 Å². The highest BCUT2D eigenvalue weighted by atomic mass is 32.2. The molecule has 0 aliphatic carbocycles. The molecule has 0 radical (unpaired) electrons. The van der Waals surface area contributed by atoms with Gasteiger partial charge in [0.25, 0.3) is 5.91 Å². The zero-order valence-electron chi connectivity index (χ0n) is 9.77. The van der Waals surface area contributed by atoms with E-state index in [-0.39, 0.29) is 5.91 Å². The fourth-order valence-corrected chi connectivity index (χ4v) is 2.76. The summed E-state index contributed by atoms with van der Waals surface area (Å²) < 4.78 is 0. The minimum Gasteiger partial charge on any atom is -0.355 e. The van der Waals surface area contributed by atoms with Gasteiger partial charge in [-0.25, -0.2) is 9.97 Å². The molecule has 0 bridgehead atoms. The van der Waals surface area contributed by atoms with Crippen molar-refractivity contribution in [2.75, 3.05) is 23.4 Å². The summed E-state index contributed by atoms with van der Waals surface area (Å²) in [4.78, 5) is 20.0. The molecule has 0 saturated carbocycles. The number of rotatable bonds is 4. The lowest BCUT2D eigenvalue weighted by molar-refractivity contribution is 0.0940. The summed E-state index contributed by atoms with van der Waals surface area (Å²) >= 11 is 1.87. The second-order valence-corrected chi connectivity index (χ2v) is 5.01. The van der Waals surface area contributed by atoms with Crippen LogP contribution in [-0.2, 0) is 0 Å². The molecule has 2 N–H and O–H groups in total. The highest BCUT2D eigenvalue weighted by molar-refractivity contribution is 7.99. The van der Waals surface area contributed by atoms with Crippen LogP contribution in [0.15, 0.2) is 12.4 Å². The van der Waals surface area contributed by atoms with E-state index in [0.29, 0.717) is 17.6 Å². The van der Waals surface area contributed by atoms with Crippen molar-refractivity contribution in [2.45, 2.75) is 19.4 Å². The van der Waals surface area contributed by atoms with Crippen LogP contribution in [0.3, 0.4) is 0 Å². The van der Waals surface area contributed by atoms with Gasteiger partial charge in [0.15, 0.2) is 0 Å². The van der Waals surface area contributed by atoms with Gasteiger partial charge in [0.2, 0.25) is 5.95 Å². The summed E-state index contributed by atoms with van der Waals surface area (Å²) in [5.74, 6) is 2.60. The molecular formula is C11H16N4OS. The molecule has 1 amide bonds. The zero-order valence-corrected chi connectivity index (χ0v) is 10.6. The van der Waals surface area contributed by atoms with E-state index < -0.39 is 0 Å². The van der Waals surface area contributed by atoms with E-state index in [0.717, 1.165) is 24.5 Å². The number of nitrogens with one attached hydrogen (secondary N) is 2. The van der Waals surface area contributed by atoms with Crippen molar-refractivity contribution in [2.24, 2.45) is 0 Å². The summed E-state index contributed by atoms with van der Waals surface area (Å²) in [6, 6.07) is 0.293. The minimum atomic E-state index is -0.0828. The monoisotopic (exact) mass is 252 g/mol. The molecule has 17 heavy (non-hydrogen) atoms. The van der Waals surface area contributed by atoms with Gasteiger partial charge in [0, 0.05) is 30.7 Å². The first-order valence-corrected chi connectivity index (χ1v) is 6.89. The summed E-state index contributed by atoms with van der Waals surface area (Å²) in [6.45, 7) is 2.74. The summed E-state index contributed by atoms with van der Waals surface area (Å²) in [7, 11) is 0. The van der Waals surface area contributed by atoms with Gasteiger partial charge in [-0.15, -0.1) is 0 Å². The quantitative estimate of drug-likeness (QED) is 0.841. The Morgan fingerprint density at radius 1 is 1.53 bits per heavy atom. The molecule has 0 aromatic carbocycles. The van der Waals surface area contributed by atoms with E-state index in [2.05, 4.69) is 20.6 Å². The Balaban J connectivity index is 1.93. The van der Waals surface area contributed by atoms with Crippen molar-refractivity contribution < 1.29 is 4.79 Å². The molecule has 0 unspecified atom stereocenters. The molecule has 1 aliphatic heterocycles. The second-order valence-electron chi connectivity index (χ2n) is 3.86. The largest absolute Gasteiger partial charge is 0.355 e. The van der Waals surface area contributed by atoms with Crippen LogP contribution in [0.2, 0.25) is 0 Å². The van der Waals surface area contributed by atoms with Crippen LogP contribution >= 0.6 is 11.8 Å². The predicted octanol–water partition coefficient (Wildman–Crippen LogP) is 1.14. The van der Waals surface area contributed by atoms with E-state index in [1.54, 1.807) is 12.4 Å². The summed E-state index contributed by atoms with van der Waals surface area (Å²) in [5.41, 5.74) is 0.517. The lowest BCUT2D eigenvalue weighted by atomic mass is 10.2. The van der Waals surface area contributed by atoms with Gasteiger partial charge >= 0.3 is 0 Å². The fourth-order valence-electron chi connectivity index (χ4n) is 1.61. The normalized spacial score (nSPS) is 19.0. The molecule has 1 aliphatic rings. The van der Waals surface area contributed by atoms with Gasteiger partial charge in [-0.05, 0) is 19.1 Å². The molecule has 6 heteroatoms. The Labute approximate surface area is 105 Å². The Hall–Kier alpha value is -1.30. The third-order valence-corrected chi connectivity index (χ3v) is 3.68. The molecule has 1 atom stereocenters. The molecule has 1 aromatic heterocycles. The van der Waals surface area contributed by atoms with Gasteiger partial charge in [0.1, 0.15) is 0 Å². The van der Waals surface area contributed by atoms with Crippen molar-refractivity contribution in [3.8, 4) is 0 Å². The third kappa shape index (κ3) is 3.33. The average Bonchev–Trinajstić information content (AvgIpc) is 2.83. The van der Waals surface area contributed by atoms with E-state index in [1.807, 2.05) is 18.7 Å². The maximum atomic E-state index is 11.8. The molecule has 5 nitrogen and oxygen atoms in total. The average molecular weight is 252 g/mol. The van der Waals surface area contributed by atoms with E-state index in [1.165, 1.54) is 0 Å². The van der Waals surface area contributed by atoms with Crippen LogP contribution in [0.5, 0.6) is 0 Å². The van der Waals surface area contributed by atoms with E-state index in [4.69, 9.17) is 0 Å². The molecule has 2 heterocycles. The maximum absolute atomic E-state index is 11.8. The Morgan fingerprint density at radius 2 is 2.29 bits per heavy atom. The minimum absolute atomic E-state index is 0.0828. The Kier molecular flexibility index (Phi) is 4.19. The highest BCUT2D eigenvalue weighted by Crippen LogP contribution is 2.17. The van der Waals surface area contributed by atoms with Crippen molar-refractivity contribution in [3.05, 3.63) is 18.0 Å². The molecule has 1 saturated heterocycles. The van der Waals surface area contributed by atoms with Crippen LogP contribution in [0.25, 0.3) is 0 Å². The molecular weight excluding hydrogens is 236 g/mol. The van der Waals surface area contributed by atoms with E-state index >= 15 is 0 Å². The standard InChI is InChI=1S/C11H16N4OS/c1-2-12-11-13-5-8(6-14-11)10(16)15-9-3-4-17-7-9/h5-6,9H,2-4,7H2,1H3,(H,15,16)(H,12,13,14)/t9-/m0/s1. The number of hydrogen-bond donors (Lipinski definition) is 2. The third-order valence-electron chi connectivity index (χ3n) is 2.51. The highest BCUT2D eigenvalue weighted by Gasteiger charge is 2.18. The van der Waals surface area contributed by atoms with E-state index in [9.17, 15) is 4.79 Å². The number of thioether (sulfide) groups is 1. The van der Waals surface area contributed by atoms with Gasteiger partial charge in [-0.2, -0.15) is 11.8 Å². The molecule has 2 rings (SSSR count). The lowest BCUT2D eigenvalue weighted by Crippen LogP contribution is -2.34. The first-order valence-electron chi connectivity index (χ1n) is 5.74. The first-order chi connectivity index (χ1) is 8.29. The summed E-state index contributed by atoms with van der Waals surface area (Å²) in [5, 5.41) is 5.98. The van der Waals surface area contributed by atoms with Crippen molar-refractivity contribution in [1.29, 1.82) is 0 Å². The van der Waals surface area contributed by atoms with Crippen LogP contribution in [0, 0.1) is 0 Å². The number of carbonyl (C=O) groups excluding carboxylic acids is 1. The Bertz CT molecular complexity index is 376. The van der Waals surface area contributed by atoms with Gasteiger partial charge in [-0.1, -0.05) is 0 Å². The molecule has 92 valence electrons. The van der Waals surface area contributed by atoms with Crippen LogP contribution in [0.1, 0.15) is 23.7 Å². The summed E-state index contributed by atoms with van der Waals surface area (Å²) in [6.07, 6.45) is 4.16. The molecule has 1 fully saturated rings. The van der Waals surface area contributed by atoms with Crippen molar-refractivity contribution >= 4 is 23.6 Å². The van der Waals surface area contributed by atoms with Crippen LogP contribution in [-0.4, -0.2) is 40.0 Å². The molecule has 1 aromatic rings. The Morgan fingerprint density at radius 3 is 2.88 bits per heavy atom. The number of nitrogens with zero attached hydrogens (tertiary/aromatic N) is 2. The SMILES string of the molecule is CCNc1ncc(C(=O)N[C@H]2CCSC2)cn1. The second kappa shape index (κ2) is 5.86. The van der Waals surface area contributed by atoms with Gasteiger partial charge in [-0.3, -0.25) is 4.79 Å². The lowest BCUT2D eigenvalue weighted by Gasteiger charge is -2.10. The number of carbonyl (C=O) groups is 1. The number of hydrogen-bond acceptors (Lipinski definition) is 5. The van der Waals surface area contributed by atoms with Crippen LogP contribution in [0.4, 0.5) is 5.95 Å². The van der Waals surface area contributed by atoms with Crippen molar-refractivity contribution in [3.63, 3.8) is 0 Å². The first kappa shape index (κ1) is 12.2. The number of anilines is 1. The maximum Gasteiger partial charge on any atom is 0.254 e. The number of aromatic nitrogens is 2. The number of amides is 1. The fraction of sp³-hybridized carbons (Fsp3) is 0.545. The van der Waals surface area contributed by atoms with Crippen LogP contribution < -0.4 is 10.6 Å². The topological polar surface area (TPSA) is 66.9 Å². The van der Waals surface area contributed by atoms with Gasteiger partial charge < -0.3 is 10.6 Å².